The van der Waals surface area contributed by atoms with Gasteiger partial charge in [-0.15, -0.1) is 0 Å². The van der Waals surface area contributed by atoms with E-state index in [1.54, 1.807) is 0 Å². The van der Waals surface area contributed by atoms with Crippen LogP contribution in [-0.2, 0) is 0 Å². The average molecular weight is 721 g/mol. The van der Waals surface area contributed by atoms with Gasteiger partial charge in [-0.05, 0) is 144 Å². The van der Waals surface area contributed by atoms with Crippen molar-refractivity contribution in [2.75, 3.05) is 9.80 Å². The molecule has 2 nitrogen and oxygen atoms in total. The lowest BCUT2D eigenvalue weighted by atomic mass is 9.86. The minimum atomic E-state index is 1.12. The Morgan fingerprint density at radius 3 is 0.643 bits per heavy atom. The Balaban J connectivity index is 1.15. The predicted molar refractivity (Wildman–Crippen MR) is 241 cm³/mol. The van der Waals surface area contributed by atoms with Crippen molar-refractivity contribution in [1.82, 2.24) is 0 Å². The molecule has 2 heteroatoms. The maximum Gasteiger partial charge on any atom is 0.0462 e. The second kappa shape index (κ2) is 14.7. The monoisotopic (exact) mass is 720 g/mol. The molecule has 0 saturated heterocycles. The third-order valence-corrected chi connectivity index (χ3v) is 10.9. The van der Waals surface area contributed by atoms with Crippen LogP contribution in [0.5, 0.6) is 0 Å². The van der Waals surface area contributed by atoms with E-state index in [4.69, 9.17) is 0 Å². The summed E-state index contributed by atoms with van der Waals surface area (Å²) in [7, 11) is 0. The van der Waals surface area contributed by atoms with E-state index in [2.05, 4.69) is 232 Å². The van der Waals surface area contributed by atoms with Crippen LogP contribution in [0.1, 0.15) is 22.3 Å². The van der Waals surface area contributed by atoms with Crippen molar-refractivity contribution in [1.29, 1.82) is 0 Å². The van der Waals surface area contributed by atoms with Crippen molar-refractivity contribution in [2.24, 2.45) is 0 Å². The molecule has 0 aromatic heterocycles. The fourth-order valence-electron chi connectivity index (χ4n) is 7.97. The molecule has 0 unspecified atom stereocenters. The molecule has 0 amide bonds. The zero-order valence-corrected chi connectivity index (χ0v) is 32.4. The first-order valence-corrected chi connectivity index (χ1v) is 19.4. The molecule has 0 heterocycles. The first-order valence-electron chi connectivity index (χ1n) is 19.4. The highest BCUT2D eigenvalue weighted by Gasteiger charge is 2.19. The van der Waals surface area contributed by atoms with Crippen molar-refractivity contribution in [3.05, 3.63) is 216 Å². The molecular weight excluding hydrogens is 677 g/mol. The van der Waals surface area contributed by atoms with Crippen LogP contribution in [0.3, 0.4) is 0 Å². The van der Waals surface area contributed by atoms with Crippen LogP contribution in [0.4, 0.5) is 34.1 Å². The van der Waals surface area contributed by atoms with E-state index in [0.717, 1.165) is 34.1 Å². The van der Waals surface area contributed by atoms with Gasteiger partial charge in [0.05, 0.1) is 0 Å². The van der Waals surface area contributed by atoms with Crippen LogP contribution in [0.2, 0.25) is 0 Å². The van der Waals surface area contributed by atoms with Crippen LogP contribution < -0.4 is 9.80 Å². The number of anilines is 6. The normalized spacial score (nSPS) is 11.2. The molecule has 0 N–H and O–H groups in total. The van der Waals surface area contributed by atoms with Crippen LogP contribution in [-0.4, -0.2) is 0 Å². The summed E-state index contributed by atoms with van der Waals surface area (Å²) in [5.41, 5.74) is 16.7. The Bertz CT molecular complexity index is 2440. The summed E-state index contributed by atoms with van der Waals surface area (Å²) in [6.07, 6.45) is 0. The molecule has 0 saturated carbocycles. The van der Waals surface area contributed by atoms with Gasteiger partial charge >= 0.3 is 0 Å². The zero-order valence-electron chi connectivity index (χ0n) is 32.4. The molecule has 0 aliphatic rings. The van der Waals surface area contributed by atoms with Gasteiger partial charge in [0.2, 0.25) is 0 Å². The Morgan fingerprint density at radius 1 is 0.232 bits per heavy atom. The molecule has 56 heavy (non-hydrogen) atoms. The lowest BCUT2D eigenvalue weighted by molar-refractivity contribution is 1.27. The fourth-order valence-corrected chi connectivity index (χ4v) is 7.97. The van der Waals surface area contributed by atoms with Crippen LogP contribution >= 0.6 is 0 Å². The van der Waals surface area contributed by atoms with Gasteiger partial charge in [-0.2, -0.15) is 0 Å². The molecular formula is C54H44N2. The Morgan fingerprint density at radius 2 is 0.429 bits per heavy atom. The molecule has 0 aliphatic heterocycles. The third kappa shape index (κ3) is 6.61. The first-order chi connectivity index (χ1) is 27.4. The summed E-state index contributed by atoms with van der Waals surface area (Å²) in [5.74, 6) is 0. The van der Waals surface area contributed by atoms with Gasteiger partial charge in [-0.3, -0.25) is 0 Å². The van der Waals surface area contributed by atoms with Gasteiger partial charge in [0.25, 0.3) is 0 Å². The fraction of sp³-hybridized carbons (Fsp3) is 0.0741. The highest BCUT2D eigenvalue weighted by atomic mass is 15.1. The Kier molecular flexibility index (Phi) is 9.17. The average Bonchev–Trinajstić information content (AvgIpc) is 3.23. The predicted octanol–water partition coefficient (Wildman–Crippen LogP) is 15.5. The van der Waals surface area contributed by atoms with Crippen LogP contribution in [0.25, 0.3) is 43.8 Å². The van der Waals surface area contributed by atoms with E-state index in [-0.39, 0.29) is 0 Å². The second-order valence-electron chi connectivity index (χ2n) is 14.9. The molecule has 9 aromatic rings. The summed E-state index contributed by atoms with van der Waals surface area (Å²) >= 11 is 0. The number of fused-ring (bicyclic) bond motifs is 2. The number of benzene rings is 9. The lowest BCUT2D eigenvalue weighted by Gasteiger charge is -2.26. The number of hydrogen-bond donors (Lipinski definition) is 0. The van der Waals surface area contributed by atoms with E-state index in [0.29, 0.717) is 0 Å². The van der Waals surface area contributed by atoms with E-state index in [1.165, 1.54) is 66.1 Å². The van der Waals surface area contributed by atoms with E-state index in [1.807, 2.05) is 0 Å². The number of nitrogens with zero attached hydrogens (tertiary/aromatic N) is 2. The third-order valence-electron chi connectivity index (χ3n) is 10.9. The van der Waals surface area contributed by atoms with E-state index in [9.17, 15) is 0 Å². The molecule has 0 aliphatic carbocycles. The summed E-state index contributed by atoms with van der Waals surface area (Å²) in [6.45, 7) is 8.54. The van der Waals surface area contributed by atoms with E-state index < -0.39 is 0 Å². The molecule has 0 radical (unpaired) electrons. The number of hydrogen-bond acceptors (Lipinski definition) is 2. The van der Waals surface area contributed by atoms with Gasteiger partial charge in [0.1, 0.15) is 0 Å². The molecule has 0 atom stereocenters. The minimum Gasteiger partial charge on any atom is -0.311 e. The van der Waals surface area contributed by atoms with Gasteiger partial charge in [-0.1, -0.05) is 144 Å². The maximum absolute atomic E-state index is 2.34. The Labute approximate surface area is 330 Å². The van der Waals surface area contributed by atoms with Crippen molar-refractivity contribution < 1.29 is 0 Å². The van der Waals surface area contributed by atoms with Gasteiger partial charge in [-0.25, -0.2) is 0 Å². The lowest BCUT2D eigenvalue weighted by Crippen LogP contribution is -2.09. The van der Waals surface area contributed by atoms with E-state index >= 15 is 0 Å². The molecule has 270 valence electrons. The minimum absolute atomic E-state index is 1.12. The van der Waals surface area contributed by atoms with Crippen LogP contribution in [0.15, 0.2) is 194 Å². The second-order valence-corrected chi connectivity index (χ2v) is 14.9. The summed E-state index contributed by atoms with van der Waals surface area (Å²) in [6, 6.07) is 71.1. The highest BCUT2D eigenvalue weighted by molar-refractivity contribution is 6.21. The van der Waals surface area contributed by atoms with Gasteiger partial charge < -0.3 is 9.80 Å². The SMILES string of the molecule is Cc1ccc(N(c2ccc(C)cc2)c2ccc(-c3c4ccccc4c(-c4ccc(N(c5ccc(C)cc5)c5ccc(C)cc5)cc4)c4ccccc34)cc2)cc1. The topological polar surface area (TPSA) is 6.48 Å². The largest absolute Gasteiger partial charge is 0.311 e. The summed E-state index contributed by atoms with van der Waals surface area (Å²) < 4.78 is 0. The molecule has 0 fully saturated rings. The molecule has 9 aromatic carbocycles. The highest BCUT2D eigenvalue weighted by Crippen LogP contribution is 2.45. The van der Waals surface area contributed by atoms with Crippen molar-refractivity contribution in [2.45, 2.75) is 27.7 Å². The molecule has 0 spiro atoms. The smallest absolute Gasteiger partial charge is 0.0462 e. The quantitative estimate of drug-likeness (QED) is 0.144. The summed E-state index contributed by atoms with van der Waals surface area (Å²) in [5, 5.41) is 4.97. The van der Waals surface area contributed by atoms with Gasteiger partial charge in [0.15, 0.2) is 0 Å². The Hall–Kier alpha value is -6.90. The summed E-state index contributed by atoms with van der Waals surface area (Å²) in [4.78, 5) is 4.68. The standard InChI is InChI=1S/C54H44N2/c1-37-13-25-43(26-14-37)55(44-27-15-38(2)16-28-44)47-33-21-41(22-34-47)53-49-9-5-7-11-51(49)54(52-12-8-6-10-50(52)53)42-23-35-48(36-24-42)56(45-29-17-39(3)18-30-45)46-31-19-40(4)20-32-46/h5-36H,1-4H3. The van der Waals surface area contributed by atoms with Crippen LogP contribution in [0, 0.1) is 27.7 Å². The number of rotatable bonds is 8. The number of aryl methyl sites for hydroxylation is 4. The van der Waals surface area contributed by atoms with Gasteiger partial charge in [0, 0.05) is 34.1 Å². The maximum atomic E-state index is 2.34. The first kappa shape index (κ1) is 34.8. The molecule has 0 bridgehead atoms. The zero-order chi connectivity index (χ0) is 38.2. The molecule has 9 rings (SSSR count). The van der Waals surface area contributed by atoms with Crippen molar-refractivity contribution in [3.63, 3.8) is 0 Å². The van der Waals surface area contributed by atoms with Crippen molar-refractivity contribution >= 4 is 55.7 Å². The van der Waals surface area contributed by atoms with Crippen molar-refractivity contribution in [3.8, 4) is 22.3 Å².